The van der Waals surface area contributed by atoms with E-state index < -0.39 is 11.4 Å². The van der Waals surface area contributed by atoms with Crippen LogP contribution >= 0.6 is 0 Å². The lowest BCUT2D eigenvalue weighted by molar-refractivity contribution is -0.147. The van der Waals surface area contributed by atoms with Crippen LogP contribution in [0.5, 0.6) is 11.8 Å². The van der Waals surface area contributed by atoms with Gasteiger partial charge in [0.15, 0.2) is 12.6 Å². The third-order valence-electron chi connectivity index (χ3n) is 10.9. The van der Waals surface area contributed by atoms with Crippen molar-refractivity contribution in [3.63, 3.8) is 0 Å². The van der Waals surface area contributed by atoms with Crippen molar-refractivity contribution in [2.24, 2.45) is 11.3 Å². The minimum absolute atomic E-state index is 0.00377. The van der Waals surface area contributed by atoms with E-state index in [9.17, 15) is 9.90 Å². The predicted molar refractivity (Wildman–Crippen MR) is 192 cm³/mol. The molecule has 4 heterocycles. The molecule has 4 aromatic rings. The van der Waals surface area contributed by atoms with Gasteiger partial charge >= 0.3 is 12.0 Å². The number of hydrogen-bond donors (Lipinski definition) is 1. The zero-order valence-corrected chi connectivity index (χ0v) is 30.3. The third kappa shape index (κ3) is 7.35. The molecule has 0 bridgehead atoms. The number of methoxy groups -OCH3 is 2. The SMILES string of the molecule is CCc1c(F)ccc2cc(OCOC)cc(-c3ncc4c(N5CCC[C@@](C)(O)C5)nc(OCC5(CN6CCC(C(=O)OC)CC6)CC5)nc4c3F)c12. The van der Waals surface area contributed by atoms with E-state index in [2.05, 4.69) is 14.9 Å². The Balaban J connectivity index is 1.26. The van der Waals surface area contributed by atoms with Crippen LogP contribution in [0.2, 0.25) is 0 Å². The third-order valence-corrected chi connectivity index (χ3v) is 10.9. The van der Waals surface area contributed by atoms with Gasteiger partial charge in [-0.3, -0.25) is 9.78 Å². The first kappa shape index (κ1) is 36.2. The summed E-state index contributed by atoms with van der Waals surface area (Å²) in [6, 6.07) is 6.53. The fraction of sp³-hybridized carbons (Fsp3) is 0.538. The zero-order chi connectivity index (χ0) is 36.6. The number of fused-ring (bicyclic) bond motifs is 2. The maximum absolute atomic E-state index is 17.1. The van der Waals surface area contributed by atoms with Crippen molar-refractivity contribution in [2.75, 3.05) is 65.2 Å². The monoisotopic (exact) mass is 719 g/mol. The Morgan fingerprint density at radius 3 is 2.54 bits per heavy atom. The Morgan fingerprint density at radius 2 is 1.85 bits per heavy atom. The number of aromatic nitrogens is 3. The normalized spacial score (nSPS) is 20.7. The second kappa shape index (κ2) is 14.7. The van der Waals surface area contributed by atoms with Gasteiger partial charge in [-0.25, -0.2) is 8.78 Å². The maximum Gasteiger partial charge on any atom is 0.319 e. The number of likely N-dealkylation sites (tertiary alicyclic amines) is 1. The number of aliphatic hydroxyl groups is 1. The number of benzene rings is 2. The van der Waals surface area contributed by atoms with Crippen molar-refractivity contribution >= 4 is 33.5 Å². The Hall–Kier alpha value is -4.20. The first-order chi connectivity index (χ1) is 25.0. The predicted octanol–water partition coefficient (Wildman–Crippen LogP) is 6.06. The molecule has 1 saturated carbocycles. The highest BCUT2D eigenvalue weighted by Gasteiger charge is 2.46. The number of hydrogen-bond acceptors (Lipinski definition) is 11. The van der Waals surface area contributed by atoms with Crippen LogP contribution < -0.4 is 14.4 Å². The molecule has 52 heavy (non-hydrogen) atoms. The van der Waals surface area contributed by atoms with Gasteiger partial charge in [0, 0.05) is 43.9 Å². The quantitative estimate of drug-likeness (QED) is 0.136. The number of esters is 1. The summed E-state index contributed by atoms with van der Waals surface area (Å²) in [7, 11) is 2.95. The largest absolute Gasteiger partial charge is 0.469 e. The number of rotatable bonds is 12. The van der Waals surface area contributed by atoms with Crippen LogP contribution in [-0.4, -0.2) is 96.9 Å². The molecule has 2 aromatic heterocycles. The molecular weight excluding hydrogens is 672 g/mol. The van der Waals surface area contributed by atoms with Gasteiger partial charge in [-0.2, -0.15) is 9.97 Å². The standard InChI is InChI=1S/C39H47F2N5O6/c1-5-27-30(40)8-7-25-17-26(52-23-49-3)18-28(31(25)27)33-32(41)34-29(19-42-33)35(46-14-6-11-38(2,48)20-46)44-37(43-34)51-22-39(12-13-39)21-45-15-9-24(10-16-45)36(47)50-4/h7-8,17-19,24,48H,5-6,9-16,20-23H2,1-4H3/t38-/m1/s1. The second-order valence-corrected chi connectivity index (χ2v) is 14.9. The number of ether oxygens (including phenoxy) is 4. The summed E-state index contributed by atoms with van der Waals surface area (Å²) >= 11 is 0. The van der Waals surface area contributed by atoms with Gasteiger partial charge in [-0.15, -0.1) is 0 Å². The minimum Gasteiger partial charge on any atom is -0.469 e. The van der Waals surface area contributed by atoms with Crippen LogP contribution in [0.3, 0.4) is 0 Å². The molecule has 3 aliphatic rings. The second-order valence-electron chi connectivity index (χ2n) is 14.9. The first-order valence-electron chi connectivity index (χ1n) is 18.2. The maximum atomic E-state index is 17.1. The van der Waals surface area contributed by atoms with E-state index in [4.69, 9.17) is 23.9 Å². The Morgan fingerprint density at radius 1 is 1.06 bits per heavy atom. The van der Waals surface area contributed by atoms with Crippen LogP contribution in [0.1, 0.15) is 57.9 Å². The molecular formula is C39H47F2N5O6. The topological polar surface area (TPSA) is 119 Å². The van der Waals surface area contributed by atoms with Crippen molar-refractivity contribution in [1.82, 2.24) is 19.9 Å². The van der Waals surface area contributed by atoms with Gasteiger partial charge in [0.2, 0.25) is 0 Å². The smallest absolute Gasteiger partial charge is 0.319 e. The Kier molecular flexibility index (Phi) is 10.2. The molecule has 0 unspecified atom stereocenters. The number of piperidine rings is 2. The lowest BCUT2D eigenvalue weighted by atomic mass is 9.94. The van der Waals surface area contributed by atoms with E-state index in [1.807, 2.05) is 11.8 Å². The van der Waals surface area contributed by atoms with Crippen molar-refractivity contribution < 1.29 is 37.6 Å². The molecule has 2 aliphatic heterocycles. The summed E-state index contributed by atoms with van der Waals surface area (Å²) < 4.78 is 54.5. The Bertz CT molecular complexity index is 1960. The summed E-state index contributed by atoms with van der Waals surface area (Å²) in [5.74, 6) is -0.426. The fourth-order valence-corrected chi connectivity index (χ4v) is 7.86. The molecule has 2 saturated heterocycles. The summed E-state index contributed by atoms with van der Waals surface area (Å²) in [4.78, 5) is 30.4. The molecule has 1 N–H and O–H groups in total. The zero-order valence-electron chi connectivity index (χ0n) is 30.3. The molecule has 0 spiro atoms. The molecule has 278 valence electrons. The number of nitrogens with zero attached hydrogens (tertiary/aromatic N) is 5. The van der Waals surface area contributed by atoms with E-state index >= 15 is 8.78 Å². The summed E-state index contributed by atoms with van der Waals surface area (Å²) in [6.07, 6.45) is 6.78. The molecule has 11 nitrogen and oxygen atoms in total. The summed E-state index contributed by atoms with van der Waals surface area (Å²) in [6.45, 7) is 7.33. The highest BCUT2D eigenvalue weighted by molar-refractivity contribution is 6.01. The highest BCUT2D eigenvalue weighted by atomic mass is 19.1. The number of β-amino-alcohol motifs (C(OH)–C–C–N with tert-alkyl or cyclic N) is 1. The number of aryl methyl sites for hydroxylation is 1. The van der Waals surface area contributed by atoms with Crippen molar-refractivity contribution in [1.29, 1.82) is 0 Å². The highest BCUT2D eigenvalue weighted by Crippen LogP contribution is 2.47. The fourth-order valence-electron chi connectivity index (χ4n) is 7.86. The minimum atomic E-state index is -0.954. The van der Waals surface area contributed by atoms with Gasteiger partial charge in [0.1, 0.15) is 28.6 Å². The molecule has 2 aromatic carbocycles. The molecule has 0 radical (unpaired) electrons. The van der Waals surface area contributed by atoms with Crippen LogP contribution in [-0.2, 0) is 20.7 Å². The van der Waals surface area contributed by atoms with Gasteiger partial charge in [-0.05, 0) is 99.5 Å². The average molecular weight is 720 g/mol. The van der Waals surface area contributed by atoms with Gasteiger partial charge in [0.25, 0.3) is 0 Å². The first-order valence-corrected chi connectivity index (χ1v) is 18.2. The molecule has 0 amide bonds. The van der Waals surface area contributed by atoms with Crippen molar-refractivity contribution in [3.05, 3.63) is 47.7 Å². The van der Waals surface area contributed by atoms with E-state index in [0.29, 0.717) is 71.4 Å². The molecule has 13 heteroatoms. The number of carbonyl (C=O) groups excluding carboxylic acids is 1. The van der Waals surface area contributed by atoms with Crippen molar-refractivity contribution in [3.8, 4) is 23.0 Å². The number of halogens is 2. The Labute approximate surface area is 302 Å². The molecule has 3 fully saturated rings. The van der Waals surface area contributed by atoms with Crippen LogP contribution in [0.25, 0.3) is 32.9 Å². The van der Waals surface area contributed by atoms with Gasteiger partial charge in [0.05, 0.1) is 30.6 Å². The molecule has 7 rings (SSSR count). The van der Waals surface area contributed by atoms with Gasteiger partial charge in [-0.1, -0.05) is 13.0 Å². The number of carbonyl (C=O) groups is 1. The number of anilines is 1. The van der Waals surface area contributed by atoms with Crippen LogP contribution in [0, 0.1) is 23.0 Å². The summed E-state index contributed by atoms with van der Waals surface area (Å²) in [5, 5.41) is 12.6. The van der Waals surface area contributed by atoms with E-state index in [0.717, 1.165) is 51.7 Å². The van der Waals surface area contributed by atoms with Crippen LogP contribution in [0.4, 0.5) is 14.6 Å². The molecule has 1 atom stereocenters. The molecule has 1 aliphatic carbocycles. The van der Waals surface area contributed by atoms with E-state index in [1.165, 1.54) is 20.3 Å². The lowest BCUT2D eigenvalue weighted by Crippen LogP contribution is -2.46. The van der Waals surface area contributed by atoms with Crippen LogP contribution in [0.15, 0.2) is 30.5 Å². The van der Waals surface area contributed by atoms with Gasteiger partial charge < -0.3 is 33.9 Å². The lowest BCUT2D eigenvalue weighted by Gasteiger charge is -2.38. The average Bonchev–Trinajstić information content (AvgIpc) is 3.91. The summed E-state index contributed by atoms with van der Waals surface area (Å²) in [5.41, 5.74) is -0.207. The number of pyridine rings is 1. The van der Waals surface area contributed by atoms with E-state index in [1.54, 1.807) is 31.3 Å². The van der Waals surface area contributed by atoms with E-state index in [-0.39, 0.29) is 47.1 Å². The van der Waals surface area contributed by atoms with Crippen molar-refractivity contribution in [2.45, 2.75) is 64.4 Å².